The third-order valence-corrected chi connectivity index (χ3v) is 11.3. The number of hydrogen-bond acceptors (Lipinski definition) is 5. The van der Waals surface area contributed by atoms with Crippen molar-refractivity contribution in [3.8, 4) is 73.3 Å². The van der Waals surface area contributed by atoms with E-state index < -0.39 is 0 Å². The quantitative estimate of drug-likeness (QED) is 0.183. The fraction of sp³-hybridized carbons (Fsp3) is 0.0816. The van der Waals surface area contributed by atoms with Gasteiger partial charge in [0, 0.05) is 38.4 Å². The van der Waals surface area contributed by atoms with Gasteiger partial charge in [0.15, 0.2) is 17.5 Å². The van der Waals surface area contributed by atoms with Crippen molar-refractivity contribution in [3.63, 3.8) is 0 Å². The standard InChI is InChI=1S/C49H33N3O2/c1-49(2)40-17-9-8-15-35(40)37-26-39-38-25-32(23-24-42(38)54-44(39)27-41(37)49)29-19-21-31(22-20-29)47-50-46(30-11-4-3-5-12-30)51-48(52-47)36-16-10-18-43-45(36)34-14-7-6-13-33(34)28-53-43/h3-27H,28H2,1-2H3. The van der Waals surface area contributed by atoms with Gasteiger partial charge >= 0.3 is 0 Å². The Morgan fingerprint density at radius 1 is 0.463 bits per heavy atom. The van der Waals surface area contributed by atoms with E-state index in [1.807, 2.05) is 42.5 Å². The van der Waals surface area contributed by atoms with Gasteiger partial charge in [-0.3, -0.25) is 0 Å². The second kappa shape index (κ2) is 11.6. The lowest BCUT2D eigenvalue weighted by molar-refractivity contribution is 0.302. The van der Waals surface area contributed by atoms with Crippen LogP contribution >= 0.6 is 0 Å². The van der Waals surface area contributed by atoms with E-state index in [0.29, 0.717) is 24.1 Å². The third kappa shape index (κ3) is 4.68. The van der Waals surface area contributed by atoms with Crippen molar-refractivity contribution in [2.45, 2.75) is 25.9 Å². The Bertz CT molecular complexity index is 2960. The van der Waals surface area contributed by atoms with Crippen LogP contribution in [0.15, 0.2) is 156 Å². The van der Waals surface area contributed by atoms with Gasteiger partial charge in [0.05, 0.1) is 0 Å². The minimum atomic E-state index is -0.0759. The molecule has 256 valence electrons. The van der Waals surface area contributed by atoms with Gasteiger partial charge < -0.3 is 9.15 Å². The summed E-state index contributed by atoms with van der Waals surface area (Å²) in [5, 5.41) is 2.25. The number of fused-ring (bicyclic) bond motifs is 9. The van der Waals surface area contributed by atoms with Crippen molar-refractivity contribution >= 4 is 21.9 Å². The maximum atomic E-state index is 6.46. The number of furan rings is 1. The van der Waals surface area contributed by atoms with Gasteiger partial charge in [-0.05, 0) is 74.8 Å². The molecule has 0 spiro atoms. The van der Waals surface area contributed by atoms with E-state index in [-0.39, 0.29) is 5.41 Å². The largest absolute Gasteiger partial charge is 0.488 e. The number of rotatable bonds is 4. The van der Waals surface area contributed by atoms with E-state index in [2.05, 4.69) is 123 Å². The lowest BCUT2D eigenvalue weighted by Gasteiger charge is -2.23. The molecule has 0 saturated carbocycles. The zero-order valence-electron chi connectivity index (χ0n) is 29.8. The Hall–Kier alpha value is -6.85. The van der Waals surface area contributed by atoms with Crippen LogP contribution in [-0.2, 0) is 12.0 Å². The molecule has 0 fully saturated rings. The zero-order chi connectivity index (χ0) is 36.0. The van der Waals surface area contributed by atoms with E-state index in [1.54, 1.807) is 0 Å². The van der Waals surface area contributed by atoms with Crippen LogP contribution in [0.5, 0.6) is 5.75 Å². The summed E-state index contributed by atoms with van der Waals surface area (Å²) in [6.45, 7) is 5.14. The Morgan fingerprint density at radius 2 is 1.11 bits per heavy atom. The summed E-state index contributed by atoms with van der Waals surface area (Å²) >= 11 is 0. The van der Waals surface area contributed by atoms with Gasteiger partial charge in [0.1, 0.15) is 23.5 Å². The molecule has 0 atom stereocenters. The minimum absolute atomic E-state index is 0.0759. The molecule has 54 heavy (non-hydrogen) atoms. The summed E-state index contributed by atoms with van der Waals surface area (Å²) in [5.41, 5.74) is 15.3. The van der Waals surface area contributed by atoms with Crippen LogP contribution in [0.3, 0.4) is 0 Å². The molecule has 11 rings (SSSR count). The Kier molecular flexibility index (Phi) is 6.59. The van der Waals surface area contributed by atoms with Crippen molar-refractivity contribution in [3.05, 3.63) is 168 Å². The zero-order valence-corrected chi connectivity index (χ0v) is 29.8. The molecule has 0 unspecified atom stereocenters. The normalized spacial score (nSPS) is 13.6. The second-order valence-electron chi connectivity index (χ2n) is 14.8. The van der Waals surface area contributed by atoms with Crippen molar-refractivity contribution < 1.29 is 9.15 Å². The van der Waals surface area contributed by atoms with Crippen LogP contribution in [0.25, 0.3) is 89.5 Å². The minimum Gasteiger partial charge on any atom is -0.488 e. The third-order valence-electron chi connectivity index (χ3n) is 11.3. The lowest BCUT2D eigenvalue weighted by Crippen LogP contribution is -2.14. The summed E-state index contributed by atoms with van der Waals surface area (Å²) in [6, 6.07) is 52.9. The Morgan fingerprint density at radius 3 is 1.94 bits per heavy atom. The fourth-order valence-corrected chi connectivity index (χ4v) is 8.46. The van der Waals surface area contributed by atoms with E-state index in [9.17, 15) is 0 Å². The van der Waals surface area contributed by atoms with Crippen LogP contribution < -0.4 is 4.74 Å². The molecule has 0 amide bonds. The first-order chi connectivity index (χ1) is 26.5. The average molecular weight is 696 g/mol. The van der Waals surface area contributed by atoms with E-state index in [1.165, 1.54) is 22.3 Å². The summed E-state index contributed by atoms with van der Waals surface area (Å²) in [6.07, 6.45) is 0. The molecule has 0 saturated heterocycles. The van der Waals surface area contributed by atoms with Gasteiger partial charge in [-0.15, -0.1) is 0 Å². The first-order valence-corrected chi connectivity index (χ1v) is 18.4. The predicted octanol–water partition coefficient (Wildman–Crippen LogP) is 12.3. The number of ether oxygens (including phenoxy) is 1. The molecule has 1 aliphatic carbocycles. The maximum Gasteiger partial charge on any atom is 0.164 e. The van der Waals surface area contributed by atoms with Crippen LogP contribution in [0, 0.1) is 0 Å². The summed E-state index contributed by atoms with van der Waals surface area (Å²) in [4.78, 5) is 15.2. The van der Waals surface area contributed by atoms with Gasteiger partial charge in [0.25, 0.3) is 0 Å². The second-order valence-corrected chi connectivity index (χ2v) is 14.8. The summed E-state index contributed by atoms with van der Waals surface area (Å²) in [5.74, 6) is 2.67. The predicted molar refractivity (Wildman–Crippen MR) is 216 cm³/mol. The smallest absolute Gasteiger partial charge is 0.164 e. The molecule has 0 bridgehead atoms. The summed E-state index contributed by atoms with van der Waals surface area (Å²) < 4.78 is 12.7. The molecular formula is C49H33N3O2. The number of benzene rings is 7. The summed E-state index contributed by atoms with van der Waals surface area (Å²) in [7, 11) is 0. The highest BCUT2D eigenvalue weighted by Crippen LogP contribution is 2.51. The molecule has 2 aromatic heterocycles. The van der Waals surface area contributed by atoms with Crippen LogP contribution in [0.2, 0.25) is 0 Å². The molecule has 5 heteroatoms. The highest BCUT2D eigenvalue weighted by atomic mass is 16.5. The molecule has 3 heterocycles. The van der Waals surface area contributed by atoms with Crippen molar-refractivity contribution in [1.29, 1.82) is 0 Å². The van der Waals surface area contributed by atoms with Crippen molar-refractivity contribution in [1.82, 2.24) is 15.0 Å². The Balaban J connectivity index is 1.00. The first-order valence-electron chi connectivity index (χ1n) is 18.4. The SMILES string of the molecule is CC1(C)c2ccccc2-c2cc3c(cc21)oc1ccc(-c2ccc(-c4nc(-c5ccccc5)nc(-c5cccc6c5-c5ccccc5CO6)n4)cc2)cc13. The lowest BCUT2D eigenvalue weighted by atomic mass is 9.82. The fourth-order valence-electron chi connectivity index (χ4n) is 8.46. The van der Waals surface area contributed by atoms with E-state index >= 15 is 0 Å². The number of aromatic nitrogens is 3. The van der Waals surface area contributed by atoms with Crippen LogP contribution in [0.4, 0.5) is 0 Å². The molecule has 0 radical (unpaired) electrons. The van der Waals surface area contributed by atoms with E-state index in [0.717, 1.165) is 72.2 Å². The molecule has 9 aromatic rings. The molecule has 7 aromatic carbocycles. The van der Waals surface area contributed by atoms with Gasteiger partial charge in [-0.2, -0.15) is 0 Å². The molecule has 1 aliphatic heterocycles. The monoisotopic (exact) mass is 695 g/mol. The highest BCUT2D eigenvalue weighted by Gasteiger charge is 2.36. The van der Waals surface area contributed by atoms with Crippen LogP contribution in [-0.4, -0.2) is 15.0 Å². The molecule has 0 N–H and O–H groups in total. The average Bonchev–Trinajstić information content (AvgIpc) is 3.70. The molecule has 5 nitrogen and oxygen atoms in total. The first kappa shape index (κ1) is 30.7. The molecular weight excluding hydrogens is 663 g/mol. The van der Waals surface area contributed by atoms with Gasteiger partial charge in [-0.25, -0.2) is 15.0 Å². The van der Waals surface area contributed by atoms with Gasteiger partial charge in [0.2, 0.25) is 0 Å². The topological polar surface area (TPSA) is 61.0 Å². The number of hydrogen-bond donors (Lipinski definition) is 0. The van der Waals surface area contributed by atoms with Crippen molar-refractivity contribution in [2.75, 3.05) is 0 Å². The van der Waals surface area contributed by atoms with Crippen LogP contribution in [0.1, 0.15) is 30.5 Å². The number of nitrogens with zero attached hydrogens (tertiary/aromatic N) is 3. The maximum absolute atomic E-state index is 6.46. The van der Waals surface area contributed by atoms with E-state index in [4.69, 9.17) is 24.1 Å². The highest BCUT2D eigenvalue weighted by molar-refractivity contribution is 6.09. The molecule has 2 aliphatic rings. The Labute approximate surface area is 312 Å². The van der Waals surface area contributed by atoms with Crippen molar-refractivity contribution in [2.24, 2.45) is 0 Å². The van der Waals surface area contributed by atoms with Gasteiger partial charge in [-0.1, -0.05) is 135 Å².